The van der Waals surface area contributed by atoms with Crippen LogP contribution in [-0.2, 0) is 19.6 Å². The molecule has 0 bridgehead atoms. The first-order chi connectivity index (χ1) is 10.2. The number of ether oxygens (including phenoxy) is 2. The average Bonchev–Trinajstić information content (AvgIpc) is 2.45. The molecule has 1 aromatic rings. The van der Waals surface area contributed by atoms with Crippen molar-refractivity contribution in [3.63, 3.8) is 0 Å². The van der Waals surface area contributed by atoms with Crippen LogP contribution >= 0.6 is 0 Å². The number of nitrogens with one attached hydrogen (secondary N) is 1. The fourth-order valence-corrected chi connectivity index (χ4v) is 3.49. The summed E-state index contributed by atoms with van der Waals surface area (Å²) in [5.74, 6) is -1.57. The minimum atomic E-state index is -4.09. The molecule has 0 saturated heterocycles. The molecule has 124 valence electrons. The maximum Gasteiger partial charge on any atom is 0.326 e. The maximum absolute atomic E-state index is 13.7. The number of esters is 1. The van der Waals surface area contributed by atoms with Crippen LogP contribution in [0.25, 0.3) is 0 Å². The first-order valence-corrected chi connectivity index (χ1v) is 8.14. The zero-order chi connectivity index (χ0) is 17.0. The zero-order valence-corrected chi connectivity index (χ0v) is 13.8. The Morgan fingerprint density at radius 1 is 1.36 bits per heavy atom. The van der Waals surface area contributed by atoms with Gasteiger partial charge >= 0.3 is 5.97 Å². The molecule has 0 spiro atoms. The smallest absolute Gasteiger partial charge is 0.326 e. The van der Waals surface area contributed by atoms with E-state index in [1.54, 1.807) is 0 Å². The predicted octanol–water partition coefficient (Wildman–Crippen LogP) is 1.84. The Hall–Kier alpha value is -1.67. The molecular formula is C14H20FNO5S. The zero-order valence-electron chi connectivity index (χ0n) is 13.0. The second-order valence-electron chi connectivity index (χ2n) is 4.98. The molecular weight excluding hydrogens is 313 g/mol. The number of methoxy groups -OCH3 is 2. The van der Waals surface area contributed by atoms with E-state index in [1.165, 1.54) is 33.3 Å². The topological polar surface area (TPSA) is 81.7 Å². The van der Waals surface area contributed by atoms with Crippen molar-refractivity contribution in [3.8, 4) is 5.75 Å². The van der Waals surface area contributed by atoms with Crippen molar-refractivity contribution in [2.45, 2.75) is 37.1 Å². The summed E-state index contributed by atoms with van der Waals surface area (Å²) in [5.41, 5.74) is -1.42. The Morgan fingerprint density at radius 2 is 2.00 bits per heavy atom. The predicted molar refractivity (Wildman–Crippen MR) is 78.6 cm³/mol. The molecule has 6 nitrogen and oxygen atoms in total. The van der Waals surface area contributed by atoms with Crippen LogP contribution < -0.4 is 9.46 Å². The molecule has 0 radical (unpaired) electrons. The highest BCUT2D eigenvalue weighted by Gasteiger charge is 2.38. The van der Waals surface area contributed by atoms with Crippen LogP contribution in [0.3, 0.4) is 0 Å². The number of carbonyl (C=O) groups excluding carboxylic acids is 1. The van der Waals surface area contributed by atoms with Crippen LogP contribution in [0.4, 0.5) is 4.39 Å². The van der Waals surface area contributed by atoms with E-state index in [4.69, 9.17) is 4.74 Å². The summed E-state index contributed by atoms with van der Waals surface area (Å²) in [5, 5.41) is 0. The van der Waals surface area contributed by atoms with Crippen molar-refractivity contribution in [2.75, 3.05) is 14.2 Å². The van der Waals surface area contributed by atoms with E-state index in [-0.39, 0.29) is 17.1 Å². The van der Waals surface area contributed by atoms with Crippen molar-refractivity contribution in [2.24, 2.45) is 0 Å². The third-order valence-electron chi connectivity index (χ3n) is 3.18. The van der Waals surface area contributed by atoms with Crippen LogP contribution in [0.15, 0.2) is 23.1 Å². The highest BCUT2D eigenvalue weighted by molar-refractivity contribution is 7.89. The first kappa shape index (κ1) is 18.4. The van der Waals surface area contributed by atoms with Gasteiger partial charge in [-0.3, -0.25) is 4.79 Å². The summed E-state index contributed by atoms with van der Waals surface area (Å²) < 4.78 is 50.1. The third-order valence-corrected chi connectivity index (χ3v) is 4.77. The van der Waals surface area contributed by atoms with Gasteiger partial charge in [-0.15, -0.1) is 0 Å². The van der Waals surface area contributed by atoms with Gasteiger partial charge in [-0.25, -0.2) is 12.8 Å². The van der Waals surface area contributed by atoms with Gasteiger partial charge < -0.3 is 9.47 Å². The molecule has 0 aliphatic heterocycles. The number of carbonyl (C=O) groups is 1. The van der Waals surface area contributed by atoms with E-state index in [1.807, 2.05) is 6.92 Å². The molecule has 1 atom stereocenters. The monoisotopic (exact) mass is 333 g/mol. The molecule has 0 aliphatic rings. The Balaban J connectivity index is 3.18. The fraction of sp³-hybridized carbons (Fsp3) is 0.500. The molecule has 0 heterocycles. The number of rotatable bonds is 7. The van der Waals surface area contributed by atoms with Crippen LogP contribution in [0, 0.1) is 5.82 Å². The van der Waals surface area contributed by atoms with Crippen molar-refractivity contribution in [1.82, 2.24) is 4.72 Å². The highest BCUT2D eigenvalue weighted by atomic mass is 32.2. The molecule has 0 amide bonds. The van der Waals surface area contributed by atoms with Gasteiger partial charge in [-0.1, -0.05) is 13.3 Å². The van der Waals surface area contributed by atoms with Crippen molar-refractivity contribution >= 4 is 16.0 Å². The number of hydrogen-bond donors (Lipinski definition) is 1. The number of halogens is 1. The Morgan fingerprint density at radius 3 is 2.45 bits per heavy atom. The molecule has 1 aromatic carbocycles. The number of hydrogen-bond acceptors (Lipinski definition) is 5. The van der Waals surface area contributed by atoms with Gasteiger partial charge in [0.05, 0.1) is 19.1 Å². The molecule has 0 aromatic heterocycles. The largest absolute Gasteiger partial charge is 0.494 e. The van der Waals surface area contributed by atoms with Gasteiger partial charge in [-0.05, 0) is 31.5 Å². The van der Waals surface area contributed by atoms with Gasteiger partial charge in [0.15, 0.2) is 11.6 Å². The minimum absolute atomic E-state index is 0.0664. The SMILES string of the molecule is CCC[C@@](C)(NS(=O)(=O)c1ccc(OC)c(F)c1)C(=O)OC. The molecule has 0 saturated carbocycles. The average molecular weight is 333 g/mol. The van der Waals surface area contributed by atoms with E-state index in [9.17, 15) is 17.6 Å². The van der Waals surface area contributed by atoms with Crippen molar-refractivity contribution in [3.05, 3.63) is 24.0 Å². The molecule has 1 N–H and O–H groups in total. The molecule has 0 aliphatic carbocycles. The van der Waals surface area contributed by atoms with Gasteiger partial charge in [0, 0.05) is 0 Å². The standard InChI is InChI=1S/C14H20FNO5S/c1-5-8-14(2,13(17)21-4)16-22(18,19)10-6-7-12(20-3)11(15)9-10/h6-7,9,16H,5,8H2,1-4H3/t14-/m1/s1. The first-order valence-electron chi connectivity index (χ1n) is 6.66. The minimum Gasteiger partial charge on any atom is -0.494 e. The van der Waals surface area contributed by atoms with E-state index < -0.39 is 27.3 Å². The maximum atomic E-state index is 13.7. The van der Waals surface area contributed by atoms with Gasteiger partial charge in [0.2, 0.25) is 10.0 Å². The van der Waals surface area contributed by atoms with Crippen LogP contribution in [0.2, 0.25) is 0 Å². The molecule has 1 rings (SSSR count). The Bertz CT molecular complexity index is 647. The lowest BCUT2D eigenvalue weighted by atomic mass is 9.98. The van der Waals surface area contributed by atoms with Crippen LogP contribution in [0.5, 0.6) is 5.75 Å². The normalized spacial score (nSPS) is 14.2. The van der Waals surface area contributed by atoms with Gasteiger partial charge in [-0.2, -0.15) is 4.72 Å². The number of sulfonamides is 1. The molecule has 0 fully saturated rings. The lowest BCUT2D eigenvalue weighted by Gasteiger charge is -2.27. The van der Waals surface area contributed by atoms with Gasteiger partial charge in [0.25, 0.3) is 0 Å². The molecule has 8 heteroatoms. The van der Waals surface area contributed by atoms with Crippen molar-refractivity contribution in [1.29, 1.82) is 0 Å². The summed E-state index contributed by atoms with van der Waals surface area (Å²) in [7, 11) is -1.63. The highest BCUT2D eigenvalue weighted by Crippen LogP contribution is 2.23. The van der Waals surface area contributed by atoms with E-state index in [0.717, 1.165) is 6.07 Å². The summed E-state index contributed by atoms with van der Waals surface area (Å²) in [4.78, 5) is 11.6. The lowest BCUT2D eigenvalue weighted by Crippen LogP contribution is -2.52. The summed E-state index contributed by atoms with van der Waals surface area (Å²) >= 11 is 0. The molecule has 0 unspecified atom stereocenters. The van der Waals surface area contributed by atoms with E-state index in [0.29, 0.717) is 6.42 Å². The second-order valence-corrected chi connectivity index (χ2v) is 6.66. The molecule has 22 heavy (non-hydrogen) atoms. The van der Waals surface area contributed by atoms with E-state index >= 15 is 0 Å². The quantitative estimate of drug-likeness (QED) is 0.770. The fourth-order valence-electron chi connectivity index (χ4n) is 2.09. The summed E-state index contributed by atoms with van der Waals surface area (Å²) in [6, 6.07) is 3.25. The third kappa shape index (κ3) is 3.95. The summed E-state index contributed by atoms with van der Waals surface area (Å²) in [6.07, 6.45) is 0.808. The van der Waals surface area contributed by atoms with Gasteiger partial charge in [0.1, 0.15) is 5.54 Å². The van der Waals surface area contributed by atoms with Crippen LogP contribution in [0.1, 0.15) is 26.7 Å². The van der Waals surface area contributed by atoms with E-state index in [2.05, 4.69) is 9.46 Å². The lowest BCUT2D eigenvalue weighted by molar-refractivity contribution is -0.147. The Kier molecular flexibility index (Phi) is 5.90. The second kappa shape index (κ2) is 7.06. The van der Waals surface area contributed by atoms with Crippen molar-refractivity contribution < 1.29 is 27.1 Å². The Labute approximate surface area is 129 Å². The number of benzene rings is 1. The van der Waals surface area contributed by atoms with Crippen LogP contribution in [-0.4, -0.2) is 34.1 Å². The summed E-state index contributed by atoms with van der Waals surface area (Å²) in [6.45, 7) is 3.24.